The number of nitrogens with zero attached hydrogens (tertiary/aromatic N) is 2. The van der Waals surface area contributed by atoms with E-state index in [1.54, 1.807) is 0 Å². The molecule has 2 aliphatic heterocycles. The Bertz CT molecular complexity index is 713. The number of aliphatic hydroxyl groups is 1. The zero-order valence-electron chi connectivity index (χ0n) is 12.5. The number of carbonyl (C=O) groups is 2. The molecule has 1 aromatic rings. The van der Waals surface area contributed by atoms with E-state index < -0.39 is 16.1 Å². The SMILES string of the molecule is O=C1CCC(=O)N1c1ccc(S(=O)(=O)N2CCCC(O)C2)cc1. The van der Waals surface area contributed by atoms with Crippen molar-refractivity contribution in [3.05, 3.63) is 24.3 Å². The molecule has 1 unspecified atom stereocenters. The van der Waals surface area contributed by atoms with Crippen molar-refractivity contribution in [3.63, 3.8) is 0 Å². The average Bonchev–Trinajstić information content (AvgIpc) is 2.86. The number of aliphatic hydroxyl groups excluding tert-OH is 1. The first-order chi connectivity index (χ1) is 10.9. The third-order valence-electron chi connectivity index (χ3n) is 4.14. The van der Waals surface area contributed by atoms with Crippen LogP contribution in [-0.2, 0) is 19.6 Å². The second-order valence-corrected chi connectivity index (χ2v) is 7.71. The largest absolute Gasteiger partial charge is 0.392 e. The van der Waals surface area contributed by atoms with Gasteiger partial charge >= 0.3 is 0 Å². The quantitative estimate of drug-likeness (QED) is 0.809. The van der Waals surface area contributed by atoms with E-state index >= 15 is 0 Å². The standard InChI is InChI=1S/C15H18N2O5S/c18-12-2-1-9-16(10-12)23(21,22)13-5-3-11(4-6-13)17-14(19)7-8-15(17)20/h3-6,12,18H,1-2,7-10H2. The monoisotopic (exact) mass is 338 g/mol. The molecule has 2 heterocycles. The summed E-state index contributed by atoms with van der Waals surface area (Å²) in [6.07, 6.45) is 0.951. The molecule has 1 aromatic carbocycles. The maximum absolute atomic E-state index is 12.6. The van der Waals surface area contributed by atoms with Crippen LogP contribution in [0.3, 0.4) is 0 Å². The lowest BCUT2D eigenvalue weighted by atomic mass is 10.1. The van der Waals surface area contributed by atoms with Gasteiger partial charge in [-0.2, -0.15) is 4.31 Å². The summed E-state index contributed by atoms with van der Waals surface area (Å²) in [6, 6.07) is 5.72. The molecule has 23 heavy (non-hydrogen) atoms. The minimum Gasteiger partial charge on any atom is -0.392 e. The summed E-state index contributed by atoms with van der Waals surface area (Å²) >= 11 is 0. The molecule has 1 atom stereocenters. The van der Waals surface area contributed by atoms with E-state index in [2.05, 4.69) is 0 Å². The molecule has 0 spiro atoms. The normalized spacial score (nSPS) is 23.5. The van der Waals surface area contributed by atoms with Crippen LogP contribution in [0, 0.1) is 0 Å². The Morgan fingerprint density at radius 2 is 1.65 bits per heavy atom. The van der Waals surface area contributed by atoms with Gasteiger partial charge in [0.2, 0.25) is 21.8 Å². The molecular formula is C15H18N2O5S. The topological polar surface area (TPSA) is 95.0 Å². The highest BCUT2D eigenvalue weighted by Crippen LogP contribution is 2.26. The Morgan fingerprint density at radius 3 is 2.22 bits per heavy atom. The van der Waals surface area contributed by atoms with E-state index in [0.29, 0.717) is 25.1 Å². The van der Waals surface area contributed by atoms with Gasteiger partial charge in [0.25, 0.3) is 0 Å². The van der Waals surface area contributed by atoms with Crippen LogP contribution in [-0.4, -0.2) is 48.8 Å². The fraction of sp³-hybridized carbons (Fsp3) is 0.467. The number of β-amino-alcohol motifs (C(OH)–C–C–N with tert-alkyl or cyclic N) is 1. The third kappa shape index (κ3) is 3.01. The molecule has 124 valence electrons. The van der Waals surface area contributed by atoms with E-state index in [-0.39, 0.29) is 36.1 Å². The highest BCUT2D eigenvalue weighted by molar-refractivity contribution is 7.89. The van der Waals surface area contributed by atoms with Gasteiger partial charge in [-0.15, -0.1) is 0 Å². The van der Waals surface area contributed by atoms with Gasteiger partial charge in [-0.1, -0.05) is 0 Å². The van der Waals surface area contributed by atoms with Gasteiger partial charge in [0.15, 0.2) is 0 Å². The van der Waals surface area contributed by atoms with Crippen LogP contribution in [0.4, 0.5) is 5.69 Å². The molecule has 0 aromatic heterocycles. The van der Waals surface area contributed by atoms with Crippen molar-refractivity contribution in [2.45, 2.75) is 36.7 Å². The predicted octanol–water partition coefficient (Wildman–Crippen LogP) is 0.485. The van der Waals surface area contributed by atoms with Gasteiger partial charge in [0.05, 0.1) is 16.7 Å². The van der Waals surface area contributed by atoms with E-state index in [1.807, 2.05) is 0 Å². The maximum Gasteiger partial charge on any atom is 0.243 e. The summed E-state index contributed by atoms with van der Waals surface area (Å²) in [4.78, 5) is 24.6. The lowest BCUT2D eigenvalue weighted by Crippen LogP contribution is -2.42. The minimum atomic E-state index is -3.68. The van der Waals surface area contributed by atoms with Gasteiger partial charge in [-0.3, -0.25) is 14.5 Å². The van der Waals surface area contributed by atoms with Gasteiger partial charge < -0.3 is 5.11 Å². The second-order valence-electron chi connectivity index (χ2n) is 5.78. The van der Waals surface area contributed by atoms with Crippen molar-refractivity contribution in [1.82, 2.24) is 4.31 Å². The van der Waals surface area contributed by atoms with Gasteiger partial charge in [0, 0.05) is 25.9 Å². The predicted molar refractivity (Wildman–Crippen MR) is 82.2 cm³/mol. The zero-order chi connectivity index (χ0) is 16.6. The van der Waals surface area contributed by atoms with Crippen LogP contribution in [0.5, 0.6) is 0 Å². The molecule has 0 aliphatic carbocycles. The Balaban J connectivity index is 1.84. The van der Waals surface area contributed by atoms with E-state index in [1.165, 1.54) is 28.6 Å². The summed E-state index contributed by atoms with van der Waals surface area (Å²) in [6.45, 7) is 0.470. The molecule has 3 rings (SSSR count). The summed E-state index contributed by atoms with van der Waals surface area (Å²) in [7, 11) is -3.68. The highest BCUT2D eigenvalue weighted by atomic mass is 32.2. The number of amides is 2. The van der Waals surface area contributed by atoms with Crippen LogP contribution in [0.15, 0.2) is 29.2 Å². The Morgan fingerprint density at radius 1 is 1.04 bits per heavy atom. The second kappa shape index (κ2) is 6.03. The van der Waals surface area contributed by atoms with Crippen molar-refractivity contribution < 1.29 is 23.1 Å². The molecule has 0 saturated carbocycles. The van der Waals surface area contributed by atoms with Gasteiger partial charge in [-0.05, 0) is 37.1 Å². The zero-order valence-corrected chi connectivity index (χ0v) is 13.3. The Labute approximate surface area is 134 Å². The van der Waals surface area contributed by atoms with Crippen molar-refractivity contribution in [2.75, 3.05) is 18.0 Å². The highest BCUT2D eigenvalue weighted by Gasteiger charge is 2.32. The van der Waals surface area contributed by atoms with Gasteiger partial charge in [-0.25, -0.2) is 8.42 Å². The van der Waals surface area contributed by atoms with Gasteiger partial charge in [0.1, 0.15) is 0 Å². The van der Waals surface area contributed by atoms with E-state index in [4.69, 9.17) is 0 Å². The van der Waals surface area contributed by atoms with Crippen LogP contribution in [0.1, 0.15) is 25.7 Å². The number of hydrogen-bond donors (Lipinski definition) is 1. The average molecular weight is 338 g/mol. The first-order valence-electron chi connectivity index (χ1n) is 7.53. The fourth-order valence-corrected chi connectivity index (χ4v) is 4.44. The van der Waals surface area contributed by atoms with E-state index in [9.17, 15) is 23.1 Å². The maximum atomic E-state index is 12.6. The number of imide groups is 1. The summed E-state index contributed by atoms with van der Waals surface area (Å²) in [5.41, 5.74) is 0.384. The smallest absolute Gasteiger partial charge is 0.243 e. The first-order valence-corrected chi connectivity index (χ1v) is 8.97. The van der Waals surface area contributed by atoms with Crippen molar-refractivity contribution in [1.29, 1.82) is 0 Å². The molecule has 1 N–H and O–H groups in total. The molecule has 2 amide bonds. The van der Waals surface area contributed by atoms with Crippen LogP contribution in [0.2, 0.25) is 0 Å². The van der Waals surface area contributed by atoms with Crippen LogP contribution < -0.4 is 4.90 Å². The number of piperidine rings is 1. The van der Waals surface area contributed by atoms with E-state index in [0.717, 1.165) is 4.90 Å². The molecule has 8 heteroatoms. The molecule has 2 fully saturated rings. The number of benzene rings is 1. The fourth-order valence-electron chi connectivity index (χ4n) is 2.92. The first kappa shape index (κ1) is 16.1. The third-order valence-corrected chi connectivity index (χ3v) is 6.02. The van der Waals surface area contributed by atoms with Crippen molar-refractivity contribution >= 4 is 27.5 Å². The summed E-state index contributed by atoms with van der Waals surface area (Å²) < 4.78 is 26.4. The summed E-state index contributed by atoms with van der Waals surface area (Å²) in [5, 5.41) is 9.65. The summed E-state index contributed by atoms with van der Waals surface area (Å²) in [5.74, 6) is -0.547. The minimum absolute atomic E-state index is 0.0905. The Hall–Kier alpha value is -1.77. The molecule has 2 aliphatic rings. The number of hydrogen-bond acceptors (Lipinski definition) is 5. The molecule has 0 bridgehead atoms. The van der Waals surface area contributed by atoms with Crippen molar-refractivity contribution in [2.24, 2.45) is 0 Å². The van der Waals surface area contributed by atoms with Crippen LogP contribution >= 0.6 is 0 Å². The Kier molecular flexibility index (Phi) is 4.22. The number of carbonyl (C=O) groups excluding carboxylic acids is 2. The number of sulfonamides is 1. The van der Waals surface area contributed by atoms with Crippen LogP contribution in [0.25, 0.3) is 0 Å². The molecule has 7 nitrogen and oxygen atoms in total. The number of rotatable bonds is 3. The lowest BCUT2D eigenvalue weighted by molar-refractivity contribution is -0.121. The number of anilines is 1. The molecular weight excluding hydrogens is 320 g/mol. The molecule has 2 saturated heterocycles. The lowest BCUT2D eigenvalue weighted by Gasteiger charge is -2.29. The molecule has 0 radical (unpaired) electrons. The van der Waals surface area contributed by atoms with Crippen molar-refractivity contribution in [3.8, 4) is 0 Å².